The first-order chi connectivity index (χ1) is 19.2. The summed E-state index contributed by atoms with van der Waals surface area (Å²) < 4.78 is 6.50. The lowest BCUT2D eigenvalue weighted by Crippen LogP contribution is -2.57. The third-order valence-electron chi connectivity index (χ3n) is 9.71. The average Bonchev–Trinajstić information content (AvgIpc) is 3.70. The maximum Gasteiger partial charge on any atom is 0.246 e. The highest BCUT2D eigenvalue weighted by Gasteiger charge is 2.72. The molecule has 6 rings (SSSR count). The van der Waals surface area contributed by atoms with Gasteiger partial charge in [0.15, 0.2) is 0 Å². The number of fused-ring (bicyclic) bond motifs is 1. The van der Waals surface area contributed by atoms with Crippen molar-refractivity contribution in [2.24, 2.45) is 23.7 Å². The van der Waals surface area contributed by atoms with Crippen LogP contribution in [0.5, 0.6) is 0 Å². The number of hydrogen-bond donors (Lipinski definition) is 2. The van der Waals surface area contributed by atoms with Crippen molar-refractivity contribution in [2.45, 2.75) is 83.2 Å². The van der Waals surface area contributed by atoms with Gasteiger partial charge in [0.2, 0.25) is 17.7 Å². The highest BCUT2D eigenvalue weighted by atomic mass is 32.1. The summed E-state index contributed by atoms with van der Waals surface area (Å²) in [5, 5.41) is 8.31. The average molecular weight is 562 g/mol. The first kappa shape index (κ1) is 27.2. The smallest absolute Gasteiger partial charge is 0.246 e. The van der Waals surface area contributed by atoms with Crippen molar-refractivity contribution in [1.82, 2.24) is 10.2 Å². The van der Waals surface area contributed by atoms with E-state index >= 15 is 0 Å². The van der Waals surface area contributed by atoms with E-state index in [9.17, 15) is 14.4 Å². The predicted molar refractivity (Wildman–Crippen MR) is 156 cm³/mol. The maximum absolute atomic E-state index is 14.2. The molecular formula is C32H39N3O4S. The molecule has 4 heterocycles. The Hall–Kier alpha value is -2.97. The summed E-state index contributed by atoms with van der Waals surface area (Å²) in [4.78, 5) is 44.6. The minimum absolute atomic E-state index is 0.0564. The Bertz CT molecular complexity index is 1310. The molecular weight excluding hydrogens is 522 g/mol. The van der Waals surface area contributed by atoms with Gasteiger partial charge in [-0.1, -0.05) is 70.9 Å². The number of carbonyl (C=O) groups is 3. The van der Waals surface area contributed by atoms with Crippen molar-refractivity contribution in [1.29, 1.82) is 0 Å². The van der Waals surface area contributed by atoms with Crippen molar-refractivity contribution >= 4 is 34.7 Å². The molecule has 212 valence electrons. The Morgan fingerprint density at radius 1 is 1.12 bits per heavy atom. The first-order valence-corrected chi connectivity index (χ1v) is 15.5. The van der Waals surface area contributed by atoms with Crippen molar-refractivity contribution < 1.29 is 19.1 Å². The zero-order valence-corrected chi connectivity index (χ0v) is 24.4. The van der Waals surface area contributed by atoms with Crippen LogP contribution in [0.15, 0.2) is 53.9 Å². The van der Waals surface area contributed by atoms with Gasteiger partial charge in [-0.25, -0.2) is 0 Å². The van der Waals surface area contributed by atoms with Gasteiger partial charge in [0.05, 0.1) is 24.5 Å². The van der Waals surface area contributed by atoms with E-state index in [-0.39, 0.29) is 23.8 Å². The molecule has 8 heteroatoms. The quantitative estimate of drug-likeness (QED) is 0.461. The van der Waals surface area contributed by atoms with Gasteiger partial charge in [-0.3, -0.25) is 14.4 Å². The molecule has 1 aliphatic carbocycles. The van der Waals surface area contributed by atoms with Gasteiger partial charge in [0.1, 0.15) is 11.6 Å². The number of rotatable bonds is 7. The number of amides is 3. The third kappa shape index (κ3) is 4.49. The van der Waals surface area contributed by atoms with E-state index in [1.54, 1.807) is 16.2 Å². The summed E-state index contributed by atoms with van der Waals surface area (Å²) in [7, 11) is 0. The van der Waals surface area contributed by atoms with E-state index in [2.05, 4.69) is 38.3 Å². The van der Waals surface area contributed by atoms with Crippen LogP contribution in [0.3, 0.4) is 0 Å². The number of anilines is 1. The summed E-state index contributed by atoms with van der Waals surface area (Å²) in [5.41, 5.74) is 0.718. The predicted octanol–water partition coefficient (Wildman–Crippen LogP) is 5.10. The molecule has 2 bridgehead atoms. The van der Waals surface area contributed by atoms with Crippen LogP contribution in [0, 0.1) is 23.7 Å². The third-order valence-corrected chi connectivity index (χ3v) is 10.6. The normalized spacial score (nSPS) is 34.4. The molecule has 3 fully saturated rings. The number of ether oxygens (including phenoxy) is 1. The van der Waals surface area contributed by atoms with Crippen molar-refractivity contribution in [3.63, 3.8) is 0 Å². The van der Waals surface area contributed by atoms with Crippen molar-refractivity contribution in [3.05, 3.63) is 64.4 Å². The first-order valence-electron chi connectivity index (χ1n) is 14.6. The van der Waals surface area contributed by atoms with Crippen LogP contribution in [0.4, 0.5) is 5.69 Å². The molecule has 40 heavy (non-hydrogen) atoms. The number of nitrogens with zero attached hydrogens (tertiary/aromatic N) is 1. The van der Waals surface area contributed by atoms with Crippen molar-refractivity contribution in [2.75, 3.05) is 5.32 Å². The highest BCUT2D eigenvalue weighted by Crippen LogP contribution is 2.55. The van der Waals surface area contributed by atoms with Gasteiger partial charge in [0.25, 0.3) is 0 Å². The molecule has 1 aromatic carbocycles. The number of nitrogens with one attached hydrogen (secondary N) is 2. The Morgan fingerprint density at radius 2 is 1.90 bits per heavy atom. The van der Waals surface area contributed by atoms with E-state index in [1.165, 1.54) is 5.56 Å². The fraction of sp³-hybridized carbons (Fsp3) is 0.531. The van der Waals surface area contributed by atoms with Gasteiger partial charge < -0.3 is 20.3 Å². The highest BCUT2D eigenvalue weighted by molar-refractivity contribution is 7.09. The fourth-order valence-corrected chi connectivity index (χ4v) is 7.94. The van der Waals surface area contributed by atoms with E-state index in [0.29, 0.717) is 30.0 Å². The van der Waals surface area contributed by atoms with Crippen LogP contribution >= 0.6 is 11.3 Å². The molecule has 3 aliphatic heterocycles. The lowest BCUT2D eigenvalue weighted by Gasteiger charge is -2.38. The minimum atomic E-state index is -1.16. The van der Waals surface area contributed by atoms with Gasteiger partial charge in [-0.15, -0.1) is 11.3 Å². The van der Waals surface area contributed by atoms with E-state index in [4.69, 9.17) is 4.74 Å². The lowest BCUT2D eigenvalue weighted by molar-refractivity contribution is -0.142. The van der Waals surface area contributed by atoms with Crippen LogP contribution in [-0.2, 0) is 25.7 Å². The largest absolute Gasteiger partial charge is 0.359 e. The molecule has 0 unspecified atom stereocenters. The summed E-state index contributed by atoms with van der Waals surface area (Å²) >= 11 is 1.56. The second-order valence-corrected chi connectivity index (χ2v) is 13.4. The number of likely N-dealkylation sites (tertiary alicyclic amines) is 1. The molecule has 1 aromatic heterocycles. The summed E-state index contributed by atoms with van der Waals surface area (Å²) in [5.74, 6) is -0.824. The standard InChI is InChI=1S/C32H39N3O4S/c1-18(2)21-10-12-22(13-11-21)33-29(36)26-25-14-15-32(39-25)27(26)31(38)35(17-23-8-6-16-40-23)28(32)30(37)34-24-9-5-7-19(3)20(24)4/h6,8,10-16,18-20,24-28H,5,7,9,17H2,1-4H3,(H,33,36)(H,34,37)/t19-,20+,24+,25+,26-,27+,28+,32+/m0/s1. The summed E-state index contributed by atoms with van der Waals surface area (Å²) in [6.07, 6.45) is 6.38. The Labute approximate surface area is 240 Å². The van der Waals surface area contributed by atoms with Gasteiger partial charge >= 0.3 is 0 Å². The summed E-state index contributed by atoms with van der Waals surface area (Å²) in [6, 6.07) is 11.0. The van der Waals surface area contributed by atoms with E-state index in [0.717, 1.165) is 24.1 Å². The molecule has 3 amide bonds. The molecule has 2 N–H and O–H groups in total. The zero-order chi connectivity index (χ0) is 28.2. The molecule has 2 saturated heterocycles. The Morgan fingerprint density at radius 3 is 2.60 bits per heavy atom. The van der Waals surface area contributed by atoms with Gasteiger partial charge in [-0.2, -0.15) is 0 Å². The molecule has 2 aromatic rings. The van der Waals surface area contributed by atoms with E-state index in [1.807, 2.05) is 53.9 Å². The number of benzene rings is 1. The molecule has 4 aliphatic rings. The molecule has 1 saturated carbocycles. The van der Waals surface area contributed by atoms with Gasteiger partial charge in [-0.05, 0) is 53.3 Å². The van der Waals surface area contributed by atoms with Crippen LogP contribution in [0.2, 0.25) is 0 Å². The van der Waals surface area contributed by atoms with Crippen LogP contribution < -0.4 is 10.6 Å². The molecule has 1 spiro atoms. The second kappa shape index (κ2) is 10.5. The fourth-order valence-electron chi connectivity index (χ4n) is 7.23. The number of carbonyl (C=O) groups excluding carboxylic acids is 3. The Kier molecular flexibility index (Phi) is 7.11. The summed E-state index contributed by atoms with van der Waals surface area (Å²) in [6.45, 7) is 9.01. The van der Waals surface area contributed by atoms with Gasteiger partial charge in [0, 0.05) is 16.6 Å². The molecule has 8 atom stereocenters. The molecule has 7 nitrogen and oxygen atoms in total. The SMILES string of the molecule is CC(C)c1ccc(NC(=O)[C@H]2[C@H]3C=C[C@@]4(O3)[C@H]2C(=O)N(Cc2cccs2)[C@@H]4C(=O)N[C@@H]2CCC[C@H](C)[C@H]2C)cc1. The Balaban J connectivity index is 1.29. The zero-order valence-electron chi connectivity index (χ0n) is 23.6. The van der Waals surface area contributed by atoms with Crippen LogP contribution in [-0.4, -0.2) is 46.4 Å². The van der Waals surface area contributed by atoms with Crippen molar-refractivity contribution in [3.8, 4) is 0 Å². The minimum Gasteiger partial charge on any atom is -0.359 e. The monoisotopic (exact) mass is 561 g/mol. The maximum atomic E-state index is 14.2. The van der Waals surface area contributed by atoms with Crippen LogP contribution in [0.1, 0.15) is 63.3 Å². The second-order valence-electron chi connectivity index (χ2n) is 12.4. The van der Waals surface area contributed by atoms with Crippen LogP contribution in [0.25, 0.3) is 0 Å². The molecule has 0 radical (unpaired) electrons. The topological polar surface area (TPSA) is 87.7 Å². The lowest BCUT2D eigenvalue weighted by atomic mass is 9.73. The number of hydrogen-bond acceptors (Lipinski definition) is 5. The number of thiophene rings is 1. The van der Waals surface area contributed by atoms with E-state index < -0.39 is 29.6 Å².